The molecule has 4 nitrogen and oxygen atoms in total. The van der Waals surface area contributed by atoms with Gasteiger partial charge in [-0.15, -0.1) is 11.3 Å². The number of ether oxygens (including phenoxy) is 2. The van der Waals surface area contributed by atoms with Crippen LogP contribution in [-0.2, 0) is 21.5 Å². The van der Waals surface area contributed by atoms with Crippen LogP contribution in [0.1, 0.15) is 53.0 Å². The summed E-state index contributed by atoms with van der Waals surface area (Å²) in [7, 11) is 0. The largest absolute Gasteiger partial charge is 0.381 e. The number of rotatable bonds is 3. The van der Waals surface area contributed by atoms with E-state index < -0.39 is 0 Å². The van der Waals surface area contributed by atoms with E-state index in [1.807, 2.05) is 6.92 Å². The number of fused-ring (bicyclic) bond motifs is 1. The molecule has 0 bridgehead atoms. The molecule has 1 saturated heterocycles. The molecule has 0 amide bonds. The highest BCUT2D eigenvalue weighted by Gasteiger charge is 2.39. The first-order valence-corrected chi connectivity index (χ1v) is 7.82. The van der Waals surface area contributed by atoms with Crippen molar-refractivity contribution in [1.82, 2.24) is 4.98 Å². The predicted octanol–water partition coefficient (Wildman–Crippen LogP) is 2.70. The van der Waals surface area contributed by atoms with Crippen molar-refractivity contribution in [3.8, 4) is 0 Å². The van der Waals surface area contributed by atoms with Crippen molar-refractivity contribution in [3.05, 3.63) is 15.6 Å². The standard InChI is InChI=1S/C14H19NO3S/c1-2-18-14(6-8-17-9-7-14)13-15-12-10(16)4-3-5-11(12)19-13/h2-9H2,1H3. The quantitative estimate of drug-likeness (QED) is 0.854. The third-order valence-electron chi connectivity index (χ3n) is 3.88. The van der Waals surface area contributed by atoms with Crippen molar-refractivity contribution in [2.45, 2.75) is 44.6 Å². The summed E-state index contributed by atoms with van der Waals surface area (Å²) in [6, 6.07) is 0. The summed E-state index contributed by atoms with van der Waals surface area (Å²) in [6.07, 6.45) is 4.25. The maximum atomic E-state index is 11.9. The molecule has 1 fully saturated rings. The molecular formula is C14H19NO3S. The van der Waals surface area contributed by atoms with Crippen LogP contribution in [0.2, 0.25) is 0 Å². The molecule has 0 spiro atoms. The Morgan fingerprint density at radius 2 is 2.16 bits per heavy atom. The van der Waals surface area contributed by atoms with Gasteiger partial charge in [-0.25, -0.2) is 4.98 Å². The first-order valence-electron chi connectivity index (χ1n) is 7.00. The molecule has 1 aromatic rings. The molecule has 0 unspecified atom stereocenters. The third-order valence-corrected chi connectivity index (χ3v) is 5.18. The Hall–Kier alpha value is -0.780. The lowest BCUT2D eigenvalue weighted by Crippen LogP contribution is -2.36. The second-order valence-electron chi connectivity index (χ2n) is 5.11. The van der Waals surface area contributed by atoms with Crippen molar-refractivity contribution in [1.29, 1.82) is 0 Å². The molecule has 0 atom stereocenters. The SMILES string of the molecule is CCOC1(c2nc3c(s2)CCCC3=O)CCOCC1. The lowest BCUT2D eigenvalue weighted by atomic mass is 9.94. The van der Waals surface area contributed by atoms with E-state index in [0.717, 1.165) is 35.6 Å². The molecule has 1 aliphatic heterocycles. The number of aryl methyl sites for hydroxylation is 1. The molecule has 0 saturated carbocycles. The van der Waals surface area contributed by atoms with Gasteiger partial charge in [-0.1, -0.05) is 0 Å². The van der Waals surface area contributed by atoms with Gasteiger partial charge >= 0.3 is 0 Å². The minimum absolute atomic E-state index is 0.197. The Bertz CT molecular complexity index is 472. The summed E-state index contributed by atoms with van der Waals surface area (Å²) in [4.78, 5) is 17.7. The topological polar surface area (TPSA) is 48.4 Å². The number of nitrogens with zero attached hydrogens (tertiary/aromatic N) is 1. The van der Waals surface area contributed by atoms with Gasteiger partial charge in [0.05, 0.1) is 0 Å². The number of aromatic nitrogens is 1. The first kappa shape index (κ1) is 13.2. The van der Waals surface area contributed by atoms with Crippen LogP contribution >= 0.6 is 11.3 Å². The van der Waals surface area contributed by atoms with Gasteiger partial charge in [-0.3, -0.25) is 4.79 Å². The van der Waals surface area contributed by atoms with Crippen LogP contribution < -0.4 is 0 Å². The van der Waals surface area contributed by atoms with Gasteiger partial charge in [-0.2, -0.15) is 0 Å². The maximum Gasteiger partial charge on any atom is 0.182 e. The van der Waals surface area contributed by atoms with Crippen LogP contribution in [0.25, 0.3) is 0 Å². The zero-order chi connectivity index (χ0) is 13.3. The van der Waals surface area contributed by atoms with Crippen molar-refractivity contribution >= 4 is 17.1 Å². The lowest BCUT2D eigenvalue weighted by molar-refractivity contribution is -0.112. The van der Waals surface area contributed by atoms with Gasteiger partial charge in [0.25, 0.3) is 0 Å². The molecule has 0 N–H and O–H groups in total. The molecule has 0 aromatic carbocycles. The van der Waals surface area contributed by atoms with Crippen LogP contribution in [0.5, 0.6) is 0 Å². The highest BCUT2D eigenvalue weighted by atomic mass is 32.1. The van der Waals surface area contributed by atoms with Gasteiger partial charge in [-0.05, 0) is 19.8 Å². The summed E-state index contributed by atoms with van der Waals surface area (Å²) in [5.74, 6) is 0.197. The molecule has 1 aromatic heterocycles. The molecule has 19 heavy (non-hydrogen) atoms. The predicted molar refractivity (Wildman–Crippen MR) is 72.7 cm³/mol. The molecular weight excluding hydrogens is 262 g/mol. The van der Waals surface area contributed by atoms with E-state index >= 15 is 0 Å². The van der Waals surface area contributed by atoms with Gasteiger partial charge < -0.3 is 9.47 Å². The normalized spacial score (nSPS) is 22.3. The average Bonchev–Trinajstić information content (AvgIpc) is 2.86. The molecule has 1 aliphatic carbocycles. The van der Waals surface area contributed by atoms with Crippen molar-refractivity contribution in [2.24, 2.45) is 0 Å². The summed E-state index contributed by atoms with van der Waals surface area (Å²) < 4.78 is 11.5. The first-order chi connectivity index (χ1) is 9.25. The van der Waals surface area contributed by atoms with E-state index in [1.54, 1.807) is 11.3 Å². The molecule has 3 rings (SSSR count). The van der Waals surface area contributed by atoms with E-state index in [1.165, 1.54) is 0 Å². The van der Waals surface area contributed by atoms with Gasteiger partial charge in [0.2, 0.25) is 0 Å². The second kappa shape index (κ2) is 5.31. The van der Waals surface area contributed by atoms with E-state index in [0.29, 0.717) is 31.9 Å². The molecule has 2 aliphatic rings. The smallest absolute Gasteiger partial charge is 0.182 e. The van der Waals surface area contributed by atoms with Gasteiger partial charge in [0.1, 0.15) is 16.3 Å². The van der Waals surface area contributed by atoms with Crippen molar-refractivity contribution in [2.75, 3.05) is 19.8 Å². The van der Waals surface area contributed by atoms with Crippen LogP contribution in [0, 0.1) is 0 Å². The van der Waals surface area contributed by atoms with Crippen LogP contribution in [0.4, 0.5) is 0 Å². The molecule has 104 valence electrons. The highest BCUT2D eigenvalue weighted by Crippen LogP contribution is 2.40. The summed E-state index contributed by atoms with van der Waals surface area (Å²) in [5.41, 5.74) is 0.381. The van der Waals surface area contributed by atoms with Crippen LogP contribution in [0.3, 0.4) is 0 Å². The number of ketones is 1. The maximum absolute atomic E-state index is 11.9. The number of carbonyl (C=O) groups is 1. The minimum Gasteiger partial charge on any atom is -0.381 e. The molecule has 2 heterocycles. The zero-order valence-corrected chi connectivity index (χ0v) is 12.1. The van der Waals surface area contributed by atoms with E-state index in [4.69, 9.17) is 9.47 Å². The van der Waals surface area contributed by atoms with Crippen molar-refractivity contribution in [3.63, 3.8) is 0 Å². The number of hydrogen-bond acceptors (Lipinski definition) is 5. The summed E-state index contributed by atoms with van der Waals surface area (Å²) in [6.45, 7) is 4.09. The molecule has 0 radical (unpaired) electrons. The second-order valence-corrected chi connectivity index (χ2v) is 6.19. The fraction of sp³-hybridized carbons (Fsp3) is 0.714. The Labute approximate surface area is 117 Å². The summed E-state index contributed by atoms with van der Waals surface area (Å²) >= 11 is 1.67. The highest BCUT2D eigenvalue weighted by molar-refractivity contribution is 7.12. The number of Topliss-reactive ketones (excluding diaryl/α,β-unsaturated/α-hetero) is 1. The van der Waals surface area contributed by atoms with E-state index in [-0.39, 0.29) is 11.4 Å². The van der Waals surface area contributed by atoms with Crippen LogP contribution in [0.15, 0.2) is 0 Å². The fourth-order valence-corrected chi connectivity index (χ4v) is 4.18. The lowest BCUT2D eigenvalue weighted by Gasteiger charge is -2.35. The van der Waals surface area contributed by atoms with E-state index in [9.17, 15) is 4.79 Å². The van der Waals surface area contributed by atoms with Gasteiger partial charge in [0.15, 0.2) is 5.78 Å². The minimum atomic E-state index is -0.324. The average molecular weight is 281 g/mol. The Kier molecular flexibility index (Phi) is 3.69. The molecule has 5 heteroatoms. The fourth-order valence-electron chi connectivity index (χ4n) is 2.86. The Balaban J connectivity index is 1.96. The van der Waals surface area contributed by atoms with E-state index in [2.05, 4.69) is 4.98 Å². The summed E-state index contributed by atoms with van der Waals surface area (Å²) in [5, 5.41) is 0.984. The number of hydrogen-bond donors (Lipinski definition) is 0. The third kappa shape index (κ3) is 2.35. The zero-order valence-electron chi connectivity index (χ0n) is 11.2. The number of thiazole rings is 1. The monoisotopic (exact) mass is 281 g/mol. The van der Waals surface area contributed by atoms with Crippen LogP contribution in [-0.4, -0.2) is 30.6 Å². The Morgan fingerprint density at radius 3 is 2.84 bits per heavy atom. The van der Waals surface area contributed by atoms with Crippen molar-refractivity contribution < 1.29 is 14.3 Å². The number of carbonyl (C=O) groups excluding carboxylic acids is 1. The van der Waals surface area contributed by atoms with Gasteiger partial charge in [0, 0.05) is 44.0 Å². The Morgan fingerprint density at radius 1 is 1.37 bits per heavy atom.